The SMILES string of the molecule is CC(C)NC(=O)c1cc(-c2ccc(Cl)cc2)c2nccn2c1. The van der Waals surface area contributed by atoms with Crippen molar-refractivity contribution < 1.29 is 4.79 Å². The van der Waals surface area contributed by atoms with Crippen molar-refractivity contribution in [3.63, 3.8) is 0 Å². The number of hydrogen-bond donors (Lipinski definition) is 1. The molecular formula is C17H16ClN3O. The normalized spacial score (nSPS) is 11.1. The highest BCUT2D eigenvalue weighted by molar-refractivity contribution is 6.30. The van der Waals surface area contributed by atoms with Crippen molar-refractivity contribution in [2.75, 3.05) is 0 Å². The third kappa shape index (κ3) is 2.83. The van der Waals surface area contributed by atoms with Gasteiger partial charge in [0, 0.05) is 35.2 Å². The first-order valence-electron chi connectivity index (χ1n) is 7.08. The zero-order chi connectivity index (χ0) is 15.7. The molecule has 112 valence electrons. The Hall–Kier alpha value is -2.33. The number of imidazole rings is 1. The summed E-state index contributed by atoms with van der Waals surface area (Å²) in [6, 6.07) is 9.47. The van der Waals surface area contributed by atoms with Crippen LogP contribution in [0.3, 0.4) is 0 Å². The van der Waals surface area contributed by atoms with Crippen molar-refractivity contribution in [3.05, 3.63) is 59.5 Å². The number of hydrogen-bond acceptors (Lipinski definition) is 2. The summed E-state index contributed by atoms with van der Waals surface area (Å²) in [5.41, 5.74) is 3.28. The Labute approximate surface area is 133 Å². The van der Waals surface area contributed by atoms with E-state index in [0.29, 0.717) is 10.6 Å². The standard InChI is InChI=1S/C17H16ClN3O/c1-11(2)20-17(22)13-9-15(12-3-5-14(18)6-4-12)16-19-7-8-21(16)10-13/h3-11H,1-2H3,(H,20,22). The van der Waals surface area contributed by atoms with Gasteiger partial charge >= 0.3 is 0 Å². The molecule has 5 heteroatoms. The minimum atomic E-state index is -0.0965. The van der Waals surface area contributed by atoms with Crippen LogP contribution in [0.25, 0.3) is 16.8 Å². The average molecular weight is 314 g/mol. The van der Waals surface area contributed by atoms with Gasteiger partial charge in [0.15, 0.2) is 0 Å². The number of aromatic nitrogens is 2. The summed E-state index contributed by atoms with van der Waals surface area (Å²) in [7, 11) is 0. The number of nitrogens with one attached hydrogen (secondary N) is 1. The third-order valence-corrected chi connectivity index (χ3v) is 3.58. The molecule has 0 atom stereocenters. The van der Waals surface area contributed by atoms with E-state index in [0.717, 1.165) is 16.8 Å². The fourth-order valence-corrected chi connectivity index (χ4v) is 2.47. The summed E-state index contributed by atoms with van der Waals surface area (Å²) in [5.74, 6) is -0.0965. The van der Waals surface area contributed by atoms with E-state index in [1.54, 1.807) is 12.4 Å². The van der Waals surface area contributed by atoms with Crippen LogP contribution in [0.4, 0.5) is 0 Å². The van der Waals surface area contributed by atoms with Gasteiger partial charge in [0.05, 0.1) is 5.56 Å². The van der Waals surface area contributed by atoms with Crippen LogP contribution in [-0.2, 0) is 0 Å². The topological polar surface area (TPSA) is 46.4 Å². The molecule has 3 aromatic rings. The summed E-state index contributed by atoms with van der Waals surface area (Å²) in [6.45, 7) is 3.88. The van der Waals surface area contributed by atoms with Gasteiger partial charge in [-0.3, -0.25) is 4.79 Å². The number of carbonyl (C=O) groups excluding carboxylic acids is 1. The van der Waals surface area contributed by atoms with Gasteiger partial charge in [-0.1, -0.05) is 23.7 Å². The molecule has 0 saturated heterocycles. The first-order valence-corrected chi connectivity index (χ1v) is 7.46. The molecule has 0 unspecified atom stereocenters. The van der Waals surface area contributed by atoms with Crippen LogP contribution < -0.4 is 5.32 Å². The van der Waals surface area contributed by atoms with Crippen LogP contribution in [0, 0.1) is 0 Å². The summed E-state index contributed by atoms with van der Waals surface area (Å²) in [5, 5.41) is 3.59. The second-order valence-corrected chi connectivity index (χ2v) is 5.87. The molecule has 1 aromatic carbocycles. The van der Waals surface area contributed by atoms with E-state index in [-0.39, 0.29) is 11.9 Å². The van der Waals surface area contributed by atoms with Crippen LogP contribution in [0.2, 0.25) is 5.02 Å². The van der Waals surface area contributed by atoms with Crippen LogP contribution in [0.5, 0.6) is 0 Å². The van der Waals surface area contributed by atoms with Crippen molar-refractivity contribution in [2.24, 2.45) is 0 Å². The minimum Gasteiger partial charge on any atom is -0.350 e. The molecule has 22 heavy (non-hydrogen) atoms. The maximum atomic E-state index is 12.3. The number of carbonyl (C=O) groups is 1. The van der Waals surface area contributed by atoms with E-state index >= 15 is 0 Å². The number of benzene rings is 1. The molecule has 0 saturated carbocycles. The van der Waals surface area contributed by atoms with E-state index < -0.39 is 0 Å². The van der Waals surface area contributed by atoms with Gasteiger partial charge in [-0.2, -0.15) is 0 Å². The predicted molar refractivity (Wildman–Crippen MR) is 88.2 cm³/mol. The third-order valence-electron chi connectivity index (χ3n) is 3.32. The maximum absolute atomic E-state index is 12.3. The zero-order valence-corrected chi connectivity index (χ0v) is 13.1. The molecule has 0 bridgehead atoms. The Morgan fingerprint density at radius 2 is 2.00 bits per heavy atom. The number of pyridine rings is 1. The Bertz CT molecular complexity index is 822. The molecule has 4 nitrogen and oxygen atoms in total. The highest BCUT2D eigenvalue weighted by atomic mass is 35.5. The quantitative estimate of drug-likeness (QED) is 0.799. The van der Waals surface area contributed by atoms with E-state index in [4.69, 9.17) is 11.6 Å². The molecule has 0 fully saturated rings. The largest absolute Gasteiger partial charge is 0.350 e. The van der Waals surface area contributed by atoms with E-state index in [2.05, 4.69) is 10.3 Å². The molecule has 0 spiro atoms. The molecule has 0 aliphatic rings. The van der Waals surface area contributed by atoms with Gasteiger partial charge in [-0.05, 0) is 37.6 Å². The summed E-state index contributed by atoms with van der Waals surface area (Å²) in [6.07, 6.45) is 5.35. The summed E-state index contributed by atoms with van der Waals surface area (Å²) < 4.78 is 1.86. The van der Waals surface area contributed by atoms with Gasteiger partial charge in [0.25, 0.3) is 5.91 Å². The lowest BCUT2D eigenvalue weighted by molar-refractivity contribution is 0.0942. The molecule has 2 heterocycles. The summed E-state index contributed by atoms with van der Waals surface area (Å²) >= 11 is 5.95. The van der Waals surface area contributed by atoms with Gasteiger partial charge in [-0.15, -0.1) is 0 Å². The molecule has 0 aliphatic heterocycles. The van der Waals surface area contributed by atoms with Crippen LogP contribution >= 0.6 is 11.6 Å². The number of halogens is 1. The molecule has 0 aliphatic carbocycles. The van der Waals surface area contributed by atoms with Crippen molar-refractivity contribution in [1.29, 1.82) is 0 Å². The van der Waals surface area contributed by atoms with Crippen molar-refractivity contribution in [2.45, 2.75) is 19.9 Å². The molecule has 3 rings (SSSR count). The lowest BCUT2D eigenvalue weighted by Gasteiger charge is -2.11. The number of rotatable bonds is 3. The first kappa shape index (κ1) is 14.6. The first-order chi connectivity index (χ1) is 10.5. The predicted octanol–water partition coefficient (Wildman–Crippen LogP) is 3.79. The number of nitrogens with zero attached hydrogens (tertiary/aromatic N) is 2. The van der Waals surface area contributed by atoms with Gasteiger partial charge in [0.1, 0.15) is 5.65 Å². The lowest BCUT2D eigenvalue weighted by Crippen LogP contribution is -2.30. The highest BCUT2D eigenvalue weighted by Crippen LogP contribution is 2.26. The number of amides is 1. The minimum absolute atomic E-state index is 0.0879. The number of fused-ring (bicyclic) bond motifs is 1. The van der Waals surface area contributed by atoms with Crippen LogP contribution in [0.15, 0.2) is 48.9 Å². The highest BCUT2D eigenvalue weighted by Gasteiger charge is 2.13. The van der Waals surface area contributed by atoms with Gasteiger partial charge in [0.2, 0.25) is 0 Å². The summed E-state index contributed by atoms with van der Waals surface area (Å²) in [4.78, 5) is 16.7. The Morgan fingerprint density at radius 1 is 1.27 bits per heavy atom. The van der Waals surface area contributed by atoms with Crippen molar-refractivity contribution in [3.8, 4) is 11.1 Å². The Kier molecular flexibility index (Phi) is 3.86. The molecule has 2 aromatic heterocycles. The molecule has 1 amide bonds. The second-order valence-electron chi connectivity index (χ2n) is 5.44. The van der Waals surface area contributed by atoms with Crippen LogP contribution in [0.1, 0.15) is 24.2 Å². The Morgan fingerprint density at radius 3 is 2.68 bits per heavy atom. The molecule has 0 radical (unpaired) electrons. The second kappa shape index (κ2) is 5.81. The molecule has 1 N–H and O–H groups in total. The fraction of sp³-hybridized carbons (Fsp3) is 0.176. The van der Waals surface area contributed by atoms with Gasteiger partial charge in [-0.25, -0.2) is 4.98 Å². The maximum Gasteiger partial charge on any atom is 0.253 e. The monoisotopic (exact) mass is 313 g/mol. The average Bonchev–Trinajstić information content (AvgIpc) is 2.94. The molecular weight excluding hydrogens is 298 g/mol. The van der Waals surface area contributed by atoms with Crippen molar-refractivity contribution >= 4 is 23.2 Å². The van der Waals surface area contributed by atoms with Gasteiger partial charge < -0.3 is 9.72 Å². The lowest BCUT2D eigenvalue weighted by atomic mass is 10.0. The van der Waals surface area contributed by atoms with E-state index in [9.17, 15) is 4.79 Å². The Balaban J connectivity index is 2.14. The smallest absolute Gasteiger partial charge is 0.253 e. The zero-order valence-electron chi connectivity index (χ0n) is 12.4. The van der Waals surface area contributed by atoms with E-state index in [1.165, 1.54) is 0 Å². The van der Waals surface area contributed by atoms with E-state index in [1.807, 2.05) is 54.8 Å². The fourth-order valence-electron chi connectivity index (χ4n) is 2.34. The van der Waals surface area contributed by atoms with Crippen molar-refractivity contribution in [1.82, 2.24) is 14.7 Å². The van der Waals surface area contributed by atoms with Crippen LogP contribution in [-0.4, -0.2) is 21.3 Å².